The molecule has 1 atom stereocenters. The fourth-order valence-corrected chi connectivity index (χ4v) is 1.76. The van der Waals surface area contributed by atoms with Crippen LogP contribution in [0.25, 0.3) is 0 Å². The van der Waals surface area contributed by atoms with E-state index in [1.54, 1.807) is 6.20 Å². The molecule has 2 heteroatoms. The first kappa shape index (κ1) is 14.1. The first-order valence-corrected chi connectivity index (χ1v) is 7.01. The Morgan fingerprint density at radius 3 is 2.60 bits per heavy atom. The molecule has 0 saturated carbocycles. The van der Waals surface area contributed by atoms with Gasteiger partial charge < -0.3 is 4.74 Å². The molecule has 0 N–H and O–H groups in total. The molecule has 0 aliphatic heterocycles. The van der Waals surface area contributed by atoms with Crippen LogP contribution in [0.1, 0.15) is 38.0 Å². The number of pyridine rings is 1. The smallest absolute Gasteiger partial charge is 0.201 e. The van der Waals surface area contributed by atoms with Gasteiger partial charge in [0.15, 0.2) is 0 Å². The lowest BCUT2D eigenvalue weighted by molar-refractivity contribution is 0.260. The lowest BCUT2D eigenvalue weighted by Crippen LogP contribution is -2.07. The van der Waals surface area contributed by atoms with Crippen LogP contribution >= 0.6 is 0 Å². The van der Waals surface area contributed by atoms with E-state index in [1.807, 2.05) is 48.5 Å². The Labute approximate surface area is 120 Å². The van der Waals surface area contributed by atoms with Crippen molar-refractivity contribution < 1.29 is 4.74 Å². The number of benzene rings is 1. The standard InChI is InChI=1S/C18H19NO/c1-2-3-4-8-14-18(17-13-9-10-15-19-17)20-16-11-6-5-7-12-16/h5-7,9-13,15,18H,2-4H2,1H3. The van der Waals surface area contributed by atoms with E-state index in [4.69, 9.17) is 4.74 Å². The quantitative estimate of drug-likeness (QED) is 0.590. The number of unbranched alkanes of at least 4 members (excludes halogenated alkanes) is 2. The summed E-state index contributed by atoms with van der Waals surface area (Å²) in [5.41, 5.74) is 0.848. The molecule has 1 aromatic heterocycles. The summed E-state index contributed by atoms with van der Waals surface area (Å²) in [6, 6.07) is 15.5. The summed E-state index contributed by atoms with van der Waals surface area (Å²) in [5, 5.41) is 0. The molecule has 0 amide bonds. The molecule has 0 bridgehead atoms. The van der Waals surface area contributed by atoms with Crippen molar-refractivity contribution in [3.05, 3.63) is 60.4 Å². The predicted molar refractivity (Wildman–Crippen MR) is 81.3 cm³/mol. The Hall–Kier alpha value is -2.27. The van der Waals surface area contributed by atoms with E-state index >= 15 is 0 Å². The van der Waals surface area contributed by atoms with Crippen molar-refractivity contribution in [3.63, 3.8) is 0 Å². The van der Waals surface area contributed by atoms with Crippen LogP contribution in [0.4, 0.5) is 0 Å². The normalized spacial score (nSPS) is 11.2. The van der Waals surface area contributed by atoms with Crippen molar-refractivity contribution in [1.29, 1.82) is 0 Å². The lowest BCUT2D eigenvalue weighted by atomic mass is 10.2. The zero-order valence-corrected chi connectivity index (χ0v) is 11.8. The van der Waals surface area contributed by atoms with Gasteiger partial charge in [0, 0.05) is 12.6 Å². The van der Waals surface area contributed by atoms with E-state index in [9.17, 15) is 0 Å². The SMILES string of the molecule is CCCCC#CC(Oc1ccccc1)c1ccccn1. The molecule has 1 heterocycles. The average molecular weight is 265 g/mol. The molecule has 0 radical (unpaired) electrons. The summed E-state index contributed by atoms with van der Waals surface area (Å²) in [5.74, 6) is 7.19. The number of para-hydroxylation sites is 1. The highest BCUT2D eigenvalue weighted by molar-refractivity contribution is 5.26. The highest BCUT2D eigenvalue weighted by atomic mass is 16.5. The topological polar surface area (TPSA) is 22.1 Å². The summed E-state index contributed by atoms with van der Waals surface area (Å²) < 4.78 is 5.94. The van der Waals surface area contributed by atoms with E-state index in [-0.39, 0.29) is 6.10 Å². The van der Waals surface area contributed by atoms with Gasteiger partial charge in [-0.3, -0.25) is 4.98 Å². The van der Waals surface area contributed by atoms with E-state index < -0.39 is 0 Å². The van der Waals surface area contributed by atoms with Crippen LogP contribution in [0.15, 0.2) is 54.7 Å². The third kappa shape index (κ3) is 4.44. The van der Waals surface area contributed by atoms with Crippen molar-refractivity contribution in [1.82, 2.24) is 4.98 Å². The van der Waals surface area contributed by atoms with E-state index in [0.29, 0.717) is 0 Å². The molecule has 2 nitrogen and oxygen atoms in total. The van der Waals surface area contributed by atoms with Crippen LogP contribution in [0.2, 0.25) is 0 Å². The van der Waals surface area contributed by atoms with Gasteiger partial charge in [-0.25, -0.2) is 0 Å². The maximum Gasteiger partial charge on any atom is 0.201 e. The Kier molecular flexibility index (Phi) is 5.67. The zero-order chi connectivity index (χ0) is 14.0. The number of nitrogens with zero attached hydrogens (tertiary/aromatic N) is 1. The molecule has 1 unspecified atom stereocenters. The molecule has 2 aromatic rings. The Morgan fingerprint density at radius 1 is 1.10 bits per heavy atom. The van der Waals surface area contributed by atoms with Gasteiger partial charge in [-0.1, -0.05) is 49.5 Å². The number of hydrogen-bond acceptors (Lipinski definition) is 2. The molecule has 0 aliphatic rings. The highest BCUT2D eigenvalue weighted by Crippen LogP contribution is 2.19. The summed E-state index contributed by atoms with van der Waals surface area (Å²) in [6.45, 7) is 2.17. The Bertz CT molecular complexity index is 554. The molecule has 0 saturated heterocycles. The molecule has 0 spiro atoms. The second kappa shape index (κ2) is 8.01. The predicted octanol–water partition coefficient (Wildman–Crippen LogP) is 4.40. The minimum absolute atomic E-state index is 0.310. The van der Waals surface area contributed by atoms with Gasteiger partial charge in [-0.2, -0.15) is 0 Å². The van der Waals surface area contributed by atoms with Crippen molar-refractivity contribution in [2.75, 3.05) is 0 Å². The van der Waals surface area contributed by atoms with Crippen LogP contribution in [-0.4, -0.2) is 4.98 Å². The average Bonchev–Trinajstić information content (AvgIpc) is 2.52. The number of rotatable bonds is 5. The third-order valence-electron chi connectivity index (χ3n) is 2.84. The second-order valence-corrected chi connectivity index (χ2v) is 4.49. The van der Waals surface area contributed by atoms with Crippen molar-refractivity contribution in [2.24, 2.45) is 0 Å². The first-order valence-electron chi connectivity index (χ1n) is 7.01. The molecule has 2 rings (SSSR count). The first-order chi connectivity index (χ1) is 9.90. The zero-order valence-electron chi connectivity index (χ0n) is 11.8. The summed E-state index contributed by atoms with van der Waals surface area (Å²) in [6.07, 6.45) is 4.63. The molecule has 0 aliphatic carbocycles. The van der Waals surface area contributed by atoms with Crippen molar-refractivity contribution >= 4 is 0 Å². The van der Waals surface area contributed by atoms with Gasteiger partial charge in [-0.05, 0) is 30.7 Å². The van der Waals surface area contributed by atoms with Crippen molar-refractivity contribution in [3.8, 4) is 17.6 Å². The monoisotopic (exact) mass is 265 g/mol. The fourth-order valence-electron chi connectivity index (χ4n) is 1.76. The minimum atomic E-state index is -0.310. The number of hydrogen-bond donors (Lipinski definition) is 0. The van der Waals surface area contributed by atoms with E-state index in [1.165, 1.54) is 0 Å². The number of ether oxygens (including phenoxy) is 1. The maximum atomic E-state index is 5.94. The lowest BCUT2D eigenvalue weighted by Gasteiger charge is -2.13. The molecule has 0 fully saturated rings. The van der Waals surface area contributed by atoms with Crippen LogP contribution in [-0.2, 0) is 0 Å². The second-order valence-electron chi connectivity index (χ2n) is 4.49. The van der Waals surface area contributed by atoms with Gasteiger partial charge in [0.25, 0.3) is 0 Å². The summed E-state index contributed by atoms with van der Waals surface area (Å²) in [4.78, 5) is 4.35. The number of aromatic nitrogens is 1. The van der Waals surface area contributed by atoms with Gasteiger partial charge in [0.1, 0.15) is 5.75 Å². The molecular formula is C18H19NO. The largest absolute Gasteiger partial charge is 0.471 e. The van der Waals surface area contributed by atoms with Crippen LogP contribution in [0.3, 0.4) is 0 Å². The summed E-state index contributed by atoms with van der Waals surface area (Å²) in [7, 11) is 0. The molecule has 20 heavy (non-hydrogen) atoms. The highest BCUT2D eigenvalue weighted by Gasteiger charge is 2.10. The van der Waals surface area contributed by atoms with Crippen LogP contribution in [0.5, 0.6) is 5.75 Å². The Balaban J connectivity index is 2.13. The van der Waals surface area contributed by atoms with Crippen LogP contribution < -0.4 is 4.74 Å². The van der Waals surface area contributed by atoms with Gasteiger partial charge >= 0.3 is 0 Å². The van der Waals surface area contributed by atoms with Gasteiger partial charge in [-0.15, -0.1) is 0 Å². The maximum absolute atomic E-state index is 5.94. The van der Waals surface area contributed by atoms with Gasteiger partial charge in [0.2, 0.25) is 6.10 Å². The molecule has 102 valence electrons. The van der Waals surface area contributed by atoms with E-state index in [2.05, 4.69) is 23.7 Å². The summed E-state index contributed by atoms with van der Waals surface area (Å²) >= 11 is 0. The van der Waals surface area contributed by atoms with Gasteiger partial charge in [0.05, 0.1) is 5.69 Å². The Morgan fingerprint density at radius 2 is 1.90 bits per heavy atom. The fraction of sp³-hybridized carbons (Fsp3) is 0.278. The van der Waals surface area contributed by atoms with Crippen LogP contribution in [0, 0.1) is 11.8 Å². The third-order valence-corrected chi connectivity index (χ3v) is 2.84. The molecular weight excluding hydrogens is 246 g/mol. The van der Waals surface area contributed by atoms with Crippen molar-refractivity contribution in [2.45, 2.75) is 32.3 Å². The molecule has 1 aromatic carbocycles. The minimum Gasteiger partial charge on any atom is -0.471 e. The van der Waals surface area contributed by atoms with E-state index in [0.717, 1.165) is 30.7 Å².